The molecule has 0 amide bonds. The van der Waals surface area contributed by atoms with E-state index in [0.29, 0.717) is 6.54 Å². The van der Waals surface area contributed by atoms with E-state index in [4.69, 9.17) is 0 Å². The minimum atomic E-state index is -0.271. The summed E-state index contributed by atoms with van der Waals surface area (Å²) < 4.78 is 0. The molecule has 4 heterocycles. The Bertz CT molecular complexity index is 531. The molecule has 0 spiro atoms. The number of likely N-dealkylation sites (tertiary alicyclic amines) is 1. The average Bonchev–Trinajstić information content (AvgIpc) is 3.10. The first kappa shape index (κ1) is 14.4. The Morgan fingerprint density at radius 1 is 1.09 bits per heavy atom. The summed E-state index contributed by atoms with van der Waals surface area (Å²) in [6, 6.07) is 0.261. The number of aromatic nitrogens is 2. The number of aliphatic hydroxyl groups excluding tert-OH is 1. The Kier molecular flexibility index (Phi) is 3.98. The molecular formula is C16H25N5O. The third kappa shape index (κ3) is 2.59. The Hall–Kier alpha value is -1.24. The number of nitrogens with zero attached hydrogens (tertiary/aromatic N) is 4. The molecule has 22 heavy (non-hydrogen) atoms. The third-order valence-corrected chi connectivity index (χ3v) is 5.27. The highest BCUT2D eigenvalue weighted by Crippen LogP contribution is 2.28. The highest BCUT2D eigenvalue weighted by Gasteiger charge is 2.38. The van der Waals surface area contributed by atoms with E-state index < -0.39 is 0 Å². The maximum absolute atomic E-state index is 10.5. The molecule has 6 heteroatoms. The maximum Gasteiger partial charge on any atom is 0.135 e. The van der Waals surface area contributed by atoms with E-state index in [1.165, 1.54) is 24.1 Å². The van der Waals surface area contributed by atoms with Crippen LogP contribution in [0.4, 0.5) is 5.82 Å². The molecule has 2 atom stereocenters. The molecule has 0 radical (unpaired) electrons. The van der Waals surface area contributed by atoms with Crippen LogP contribution in [0.5, 0.6) is 0 Å². The smallest absolute Gasteiger partial charge is 0.135 e. The highest BCUT2D eigenvalue weighted by atomic mass is 16.3. The van der Waals surface area contributed by atoms with Gasteiger partial charge in [-0.05, 0) is 38.9 Å². The van der Waals surface area contributed by atoms with Gasteiger partial charge in [0.25, 0.3) is 0 Å². The number of aliphatic hydroxyl groups is 1. The standard InChI is InChI=1S/C16H25N5O/c22-15-10-21(9-14(15)20-7-1-2-8-20)16-12-3-5-17-6-4-13(12)18-11-19-16/h11,14-15,17,22H,1-10H2/t14-,15-/m0/s1. The summed E-state index contributed by atoms with van der Waals surface area (Å²) in [5.74, 6) is 1.05. The molecule has 6 nitrogen and oxygen atoms in total. The first-order valence-electron chi connectivity index (χ1n) is 8.53. The maximum atomic E-state index is 10.5. The SMILES string of the molecule is O[C@H]1CN(c2ncnc3c2CCNCC3)C[C@@H]1N1CCCC1. The summed E-state index contributed by atoms with van der Waals surface area (Å²) in [7, 11) is 0. The fourth-order valence-electron chi connectivity index (χ4n) is 4.10. The van der Waals surface area contributed by atoms with Crippen molar-refractivity contribution in [1.82, 2.24) is 20.2 Å². The molecule has 4 rings (SSSR count). The van der Waals surface area contributed by atoms with Gasteiger partial charge in [-0.3, -0.25) is 4.90 Å². The molecule has 1 aromatic heterocycles. The normalized spacial score (nSPS) is 29.6. The molecular weight excluding hydrogens is 278 g/mol. The fraction of sp³-hybridized carbons (Fsp3) is 0.750. The quantitative estimate of drug-likeness (QED) is 0.790. The number of β-amino-alcohol motifs (C(OH)–C–C–N with tert-alkyl or cyclic N) is 1. The van der Waals surface area contributed by atoms with E-state index in [9.17, 15) is 5.11 Å². The van der Waals surface area contributed by atoms with Crippen LogP contribution in [-0.2, 0) is 12.8 Å². The van der Waals surface area contributed by atoms with E-state index in [0.717, 1.165) is 51.4 Å². The van der Waals surface area contributed by atoms with Crippen LogP contribution in [0, 0.1) is 0 Å². The molecule has 0 saturated carbocycles. The van der Waals surface area contributed by atoms with E-state index in [2.05, 4.69) is 25.1 Å². The largest absolute Gasteiger partial charge is 0.390 e. The van der Waals surface area contributed by atoms with Crippen molar-refractivity contribution in [3.05, 3.63) is 17.6 Å². The Morgan fingerprint density at radius 2 is 1.91 bits per heavy atom. The second-order valence-corrected chi connectivity index (χ2v) is 6.66. The second-order valence-electron chi connectivity index (χ2n) is 6.66. The molecule has 2 fully saturated rings. The first-order chi connectivity index (χ1) is 10.8. The van der Waals surface area contributed by atoms with Gasteiger partial charge in [-0.25, -0.2) is 9.97 Å². The van der Waals surface area contributed by atoms with Crippen molar-refractivity contribution < 1.29 is 5.11 Å². The number of hydrogen-bond donors (Lipinski definition) is 2. The predicted molar refractivity (Wildman–Crippen MR) is 85.1 cm³/mol. The van der Waals surface area contributed by atoms with Crippen molar-refractivity contribution in [2.45, 2.75) is 37.8 Å². The lowest BCUT2D eigenvalue weighted by Crippen LogP contribution is -2.41. The summed E-state index contributed by atoms with van der Waals surface area (Å²) in [5, 5.41) is 13.9. The molecule has 0 bridgehead atoms. The van der Waals surface area contributed by atoms with Gasteiger partial charge in [0.05, 0.1) is 17.8 Å². The van der Waals surface area contributed by atoms with Crippen molar-refractivity contribution in [2.75, 3.05) is 44.2 Å². The van der Waals surface area contributed by atoms with E-state index >= 15 is 0 Å². The minimum absolute atomic E-state index is 0.261. The van der Waals surface area contributed by atoms with Gasteiger partial charge < -0.3 is 15.3 Å². The van der Waals surface area contributed by atoms with Crippen molar-refractivity contribution in [2.24, 2.45) is 0 Å². The zero-order valence-corrected chi connectivity index (χ0v) is 13.0. The van der Waals surface area contributed by atoms with E-state index in [-0.39, 0.29) is 12.1 Å². The van der Waals surface area contributed by atoms with Gasteiger partial charge in [-0.15, -0.1) is 0 Å². The van der Waals surface area contributed by atoms with Crippen molar-refractivity contribution >= 4 is 5.82 Å². The number of anilines is 1. The van der Waals surface area contributed by atoms with Crippen molar-refractivity contribution in [1.29, 1.82) is 0 Å². The van der Waals surface area contributed by atoms with Crippen LogP contribution in [0.15, 0.2) is 6.33 Å². The molecule has 0 aromatic carbocycles. The van der Waals surface area contributed by atoms with Gasteiger partial charge >= 0.3 is 0 Å². The summed E-state index contributed by atoms with van der Waals surface area (Å²) in [4.78, 5) is 13.8. The molecule has 0 unspecified atom stereocenters. The van der Waals surface area contributed by atoms with Crippen LogP contribution in [0.1, 0.15) is 24.1 Å². The van der Waals surface area contributed by atoms with Gasteiger partial charge in [-0.2, -0.15) is 0 Å². The van der Waals surface area contributed by atoms with Gasteiger partial charge in [0.2, 0.25) is 0 Å². The van der Waals surface area contributed by atoms with E-state index in [1.807, 2.05) is 0 Å². The molecule has 3 aliphatic rings. The van der Waals surface area contributed by atoms with E-state index in [1.54, 1.807) is 6.33 Å². The van der Waals surface area contributed by atoms with Gasteiger partial charge in [0.15, 0.2) is 0 Å². The molecule has 0 aliphatic carbocycles. The summed E-state index contributed by atoms with van der Waals surface area (Å²) in [5.41, 5.74) is 2.45. The minimum Gasteiger partial charge on any atom is -0.390 e. The lowest BCUT2D eigenvalue weighted by atomic mass is 10.1. The number of fused-ring (bicyclic) bond motifs is 1. The summed E-state index contributed by atoms with van der Waals surface area (Å²) >= 11 is 0. The monoisotopic (exact) mass is 303 g/mol. The highest BCUT2D eigenvalue weighted by molar-refractivity contribution is 5.51. The van der Waals surface area contributed by atoms with Gasteiger partial charge in [0.1, 0.15) is 12.1 Å². The number of nitrogens with one attached hydrogen (secondary N) is 1. The Labute approximate surface area is 131 Å². The Balaban J connectivity index is 1.57. The predicted octanol–water partition coefficient (Wildman–Crippen LogP) is -0.190. The molecule has 120 valence electrons. The third-order valence-electron chi connectivity index (χ3n) is 5.27. The zero-order valence-electron chi connectivity index (χ0n) is 13.0. The van der Waals surface area contributed by atoms with Gasteiger partial charge in [-0.1, -0.05) is 0 Å². The van der Waals surface area contributed by atoms with Crippen LogP contribution in [0.3, 0.4) is 0 Å². The average molecular weight is 303 g/mol. The second kappa shape index (κ2) is 6.10. The van der Waals surface area contributed by atoms with Crippen molar-refractivity contribution in [3.63, 3.8) is 0 Å². The first-order valence-corrected chi connectivity index (χ1v) is 8.53. The van der Waals surface area contributed by atoms with Gasteiger partial charge in [0, 0.05) is 31.6 Å². The molecule has 1 aromatic rings. The number of rotatable bonds is 2. The molecule has 2 N–H and O–H groups in total. The Morgan fingerprint density at radius 3 is 2.77 bits per heavy atom. The number of hydrogen-bond acceptors (Lipinski definition) is 6. The van der Waals surface area contributed by atoms with Crippen LogP contribution in [-0.4, -0.2) is 71.4 Å². The van der Waals surface area contributed by atoms with Crippen LogP contribution in [0.2, 0.25) is 0 Å². The summed E-state index contributed by atoms with van der Waals surface area (Å²) in [6.45, 7) is 5.81. The van der Waals surface area contributed by atoms with Crippen molar-refractivity contribution in [3.8, 4) is 0 Å². The van der Waals surface area contributed by atoms with Crippen LogP contribution >= 0.6 is 0 Å². The lowest BCUT2D eigenvalue weighted by Gasteiger charge is -2.26. The molecule has 2 saturated heterocycles. The molecule has 3 aliphatic heterocycles. The summed E-state index contributed by atoms with van der Waals surface area (Å²) in [6.07, 6.45) is 5.89. The lowest BCUT2D eigenvalue weighted by molar-refractivity contribution is 0.0986. The topological polar surface area (TPSA) is 64.5 Å². The van der Waals surface area contributed by atoms with Crippen LogP contribution < -0.4 is 10.2 Å². The zero-order chi connectivity index (χ0) is 14.9. The fourth-order valence-corrected chi connectivity index (χ4v) is 4.10. The van der Waals surface area contributed by atoms with Crippen LogP contribution in [0.25, 0.3) is 0 Å².